The number of aromatic nitrogens is 2. The number of aliphatic imine (C=N–C) groups is 1. The quantitative estimate of drug-likeness (QED) is 0.272. The summed E-state index contributed by atoms with van der Waals surface area (Å²) in [5.74, 6) is 1.81. The highest BCUT2D eigenvalue weighted by atomic mass is 127. The van der Waals surface area contributed by atoms with E-state index in [-0.39, 0.29) is 29.8 Å². The first-order chi connectivity index (χ1) is 11.5. The van der Waals surface area contributed by atoms with Gasteiger partial charge < -0.3 is 15.6 Å². The van der Waals surface area contributed by atoms with Crippen molar-refractivity contribution < 1.29 is 8.91 Å². The smallest absolute Gasteiger partial charge is 0.227 e. The van der Waals surface area contributed by atoms with Crippen LogP contribution in [0.4, 0.5) is 4.39 Å². The lowest BCUT2D eigenvalue weighted by Crippen LogP contribution is -2.33. The van der Waals surface area contributed by atoms with E-state index in [0.29, 0.717) is 36.6 Å². The van der Waals surface area contributed by atoms with E-state index in [1.54, 1.807) is 12.1 Å². The van der Waals surface area contributed by atoms with Gasteiger partial charge in [-0.15, -0.1) is 24.0 Å². The van der Waals surface area contributed by atoms with Crippen LogP contribution in [0, 0.1) is 11.7 Å². The fraction of sp³-hybridized carbons (Fsp3) is 0.471. The molecule has 1 aromatic heterocycles. The van der Waals surface area contributed by atoms with Crippen LogP contribution in [-0.4, -0.2) is 29.2 Å². The first kappa shape index (κ1) is 21.3. The van der Waals surface area contributed by atoms with Crippen LogP contribution in [0.1, 0.15) is 32.6 Å². The topological polar surface area (TPSA) is 89.3 Å². The van der Waals surface area contributed by atoms with Gasteiger partial charge in [0.1, 0.15) is 5.82 Å². The van der Waals surface area contributed by atoms with Crippen LogP contribution in [0.3, 0.4) is 0 Å². The van der Waals surface area contributed by atoms with E-state index in [2.05, 4.69) is 34.3 Å². The van der Waals surface area contributed by atoms with E-state index < -0.39 is 0 Å². The van der Waals surface area contributed by atoms with Gasteiger partial charge in [0.2, 0.25) is 11.7 Å². The summed E-state index contributed by atoms with van der Waals surface area (Å²) >= 11 is 0. The minimum Gasteiger partial charge on any atom is -0.370 e. The van der Waals surface area contributed by atoms with Crippen molar-refractivity contribution in [2.45, 2.75) is 33.1 Å². The van der Waals surface area contributed by atoms with Crippen LogP contribution in [0.25, 0.3) is 11.4 Å². The van der Waals surface area contributed by atoms with Gasteiger partial charge in [0, 0.05) is 25.1 Å². The molecule has 0 fully saturated rings. The van der Waals surface area contributed by atoms with Crippen molar-refractivity contribution in [1.82, 2.24) is 15.5 Å². The number of hydrogen-bond donors (Lipinski definition) is 2. The standard InChI is InChI=1S/C17H24FN5O.HI/c1-12(2)9-11-21-17(19)20-10-3-4-15-22-16(23-24-15)13-5-7-14(18)8-6-13;/h5-8,12H,3-4,9-11H2,1-2H3,(H3,19,20,21);1H. The maximum atomic E-state index is 12.9. The Bertz CT molecular complexity index is 657. The number of nitrogens with zero attached hydrogens (tertiary/aromatic N) is 3. The molecule has 3 N–H and O–H groups in total. The molecule has 0 radical (unpaired) electrons. The Morgan fingerprint density at radius 1 is 1.32 bits per heavy atom. The van der Waals surface area contributed by atoms with E-state index in [4.69, 9.17) is 10.3 Å². The molecule has 25 heavy (non-hydrogen) atoms. The molecule has 2 rings (SSSR count). The van der Waals surface area contributed by atoms with Crippen LogP contribution in [-0.2, 0) is 6.42 Å². The molecule has 6 nitrogen and oxygen atoms in total. The van der Waals surface area contributed by atoms with Crippen LogP contribution >= 0.6 is 24.0 Å². The van der Waals surface area contributed by atoms with Crippen molar-refractivity contribution in [2.75, 3.05) is 13.1 Å². The lowest BCUT2D eigenvalue weighted by molar-refractivity contribution is 0.376. The largest absolute Gasteiger partial charge is 0.370 e. The predicted octanol–water partition coefficient (Wildman–Crippen LogP) is 3.38. The van der Waals surface area contributed by atoms with Gasteiger partial charge in [0.25, 0.3) is 0 Å². The molecule has 2 aromatic rings. The molecule has 0 saturated heterocycles. The molecule has 8 heteroatoms. The third-order valence-corrected chi connectivity index (χ3v) is 3.43. The van der Waals surface area contributed by atoms with Gasteiger partial charge in [0.15, 0.2) is 5.96 Å². The number of nitrogens with two attached hydrogens (primary N) is 1. The summed E-state index contributed by atoms with van der Waals surface area (Å²) < 4.78 is 18.1. The molecule has 0 bridgehead atoms. The molecule has 0 saturated carbocycles. The number of nitrogens with one attached hydrogen (secondary N) is 1. The molecule has 0 unspecified atom stereocenters. The average Bonchev–Trinajstić information content (AvgIpc) is 3.01. The van der Waals surface area contributed by atoms with Crippen molar-refractivity contribution in [3.63, 3.8) is 0 Å². The molecule has 0 aliphatic rings. The van der Waals surface area contributed by atoms with Crippen molar-refractivity contribution >= 4 is 29.9 Å². The molecule has 0 aliphatic carbocycles. The van der Waals surface area contributed by atoms with Crippen molar-refractivity contribution in [3.8, 4) is 11.4 Å². The monoisotopic (exact) mass is 461 g/mol. The van der Waals surface area contributed by atoms with Gasteiger partial charge in [-0.1, -0.05) is 19.0 Å². The Balaban J connectivity index is 0.00000312. The van der Waals surface area contributed by atoms with Crippen molar-refractivity contribution in [3.05, 3.63) is 36.0 Å². The van der Waals surface area contributed by atoms with Gasteiger partial charge in [-0.25, -0.2) is 4.39 Å². The Kier molecular flexibility index (Phi) is 9.40. The van der Waals surface area contributed by atoms with E-state index >= 15 is 0 Å². The predicted molar refractivity (Wildman–Crippen MR) is 107 cm³/mol. The molecule has 1 heterocycles. The molecular weight excluding hydrogens is 436 g/mol. The number of benzene rings is 1. The number of halogens is 2. The number of guanidine groups is 1. The molecule has 0 atom stereocenters. The average molecular weight is 461 g/mol. The van der Waals surface area contributed by atoms with E-state index in [9.17, 15) is 4.39 Å². The molecular formula is C17H25FIN5O. The van der Waals surface area contributed by atoms with Crippen molar-refractivity contribution in [2.24, 2.45) is 16.6 Å². The minimum atomic E-state index is -0.292. The van der Waals surface area contributed by atoms with Gasteiger partial charge in [-0.2, -0.15) is 4.98 Å². The number of rotatable bonds is 8. The second-order valence-corrected chi connectivity index (χ2v) is 6.00. The number of aryl methyl sites for hydroxylation is 1. The summed E-state index contributed by atoms with van der Waals surface area (Å²) in [6, 6.07) is 5.99. The van der Waals surface area contributed by atoms with Crippen molar-refractivity contribution in [1.29, 1.82) is 0 Å². The maximum Gasteiger partial charge on any atom is 0.227 e. The lowest BCUT2D eigenvalue weighted by Gasteiger charge is -2.07. The Morgan fingerprint density at radius 2 is 2.04 bits per heavy atom. The lowest BCUT2D eigenvalue weighted by atomic mass is 10.1. The van der Waals surface area contributed by atoms with Crippen LogP contribution in [0.15, 0.2) is 33.8 Å². The zero-order chi connectivity index (χ0) is 17.4. The SMILES string of the molecule is CC(C)CCNC(N)=NCCCc1nc(-c2ccc(F)cc2)no1.I. The zero-order valence-corrected chi connectivity index (χ0v) is 16.9. The molecule has 138 valence electrons. The van der Waals surface area contributed by atoms with E-state index in [1.807, 2.05) is 0 Å². The highest BCUT2D eigenvalue weighted by molar-refractivity contribution is 14.0. The molecule has 0 spiro atoms. The Labute approximate surface area is 164 Å². The summed E-state index contributed by atoms with van der Waals surface area (Å²) in [4.78, 5) is 8.56. The highest BCUT2D eigenvalue weighted by Gasteiger charge is 2.08. The first-order valence-electron chi connectivity index (χ1n) is 8.17. The van der Waals surface area contributed by atoms with Crippen LogP contribution < -0.4 is 11.1 Å². The normalized spacial score (nSPS) is 11.4. The summed E-state index contributed by atoms with van der Waals surface area (Å²) in [5, 5.41) is 6.99. The van der Waals surface area contributed by atoms with Gasteiger partial charge in [-0.3, -0.25) is 4.99 Å². The minimum absolute atomic E-state index is 0. The number of hydrogen-bond acceptors (Lipinski definition) is 4. The maximum absolute atomic E-state index is 12.9. The van der Waals surface area contributed by atoms with Gasteiger partial charge in [0.05, 0.1) is 0 Å². The first-order valence-corrected chi connectivity index (χ1v) is 8.17. The highest BCUT2D eigenvalue weighted by Crippen LogP contribution is 2.16. The summed E-state index contributed by atoms with van der Waals surface area (Å²) in [5.41, 5.74) is 6.51. The van der Waals surface area contributed by atoms with E-state index in [1.165, 1.54) is 12.1 Å². The summed E-state index contributed by atoms with van der Waals surface area (Å²) in [6.07, 6.45) is 2.44. The molecule has 1 aromatic carbocycles. The second-order valence-electron chi connectivity index (χ2n) is 6.00. The van der Waals surface area contributed by atoms with Crippen LogP contribution in [0.2, 0.25) is 0 Å². The third-order valence-electron chi connectivity index (χ3n) is 3.43. The Morgan fingerprint density at radius 3 is 2.72 bits per heavy atom. The summed E-state index contributed by atoms with van der Waals surface area (Å²) in [6.45, 7) is 5.76. The fourth-order valence-corrected chi connectivity index (χ4v) is 2.05. The van der Waals surface area contributed by atoms with E-state index in [0.717, 1.165) is 24.9 Å². The molecule has 0 aliphatic heterocycles. The van der Waals surface area contributed by atoms with Crippen LogP contribution in [0.5, 0.6) is 0 Å². The molecule has 0 amide bonds. The summed E-state index contributed by atoms with van der Waals surface area (Å²) in [7, 11) is 0. The second kappa shape index (κ2) is 11.0. The Hall–Kier alpha value is -1.71. The third kappa shape index (κ3) is 7.80. The van der Waals surface area contributed by atoms with Gasteiger partial charge >= 0.3 is 0 Å². The fourth-order valence-electron chi connectivity index (χ4n) is 2.05. The zero-order valence-electron chi connectivity index (χ0n) is 14.5. The van der Waals surface area contributed by atoms with Gasteiger partial charge in [-0.05, 0) is 43.0 Å².